The number of aromatic nitrogens is 1. The van der Waals surface area contributed by atoms with Crippen LogP contribution in [0.4, 0.5) is 11.4 Å². The van der Waals surface area contributed by atoms with Gasteiger partial charge in [0.25, 0.3) is 11.8 Å². The van der Waals surface area contributed by atoms with Crippen LogP contribution < -0.4 is 10.6 Å². The Hall–Kier alpha value is -3.18. The number of aryl methyl sites for hydroxylation is 2. The molecule has 3 rings (SSSR count). The van der Waals surface area contributed by atoms with Crippen molar-refractivity contribution < 1.29 is 9.59 Å². The molecule has 6 heteroatoms. The van der Waals surface area contributed by atoms with Crippen LogP contribution in [0, 0.1) is 13.8 Å². The lowest BCUT2D eigenvalue weighted by Gasteiger charge is -2.11. The normalized spacial score (nSPS) is 10.3. The summed E-state index contributed by atoms with van der Waals surface area (Å²) in [6.07, 6.45) is 0. The summed E-state index contributed by atoms with van der Waals surface area (Å²) in [6, 6.07) is 17.3. The number of carbonyl (C=O) groups excluding carboxylic acids is 2. The predicted molar refractivity (Wildman–Crippen MR) is 108 cm³/mol. The van der Waals surface area contributed by atoms with Gasteiger partial charge in [-0.15, -0.1) is 0 Å². The minimum atomic E-state index is -0.404. The molecule has 2 aromatic carbocycles. The smallest absolute Gasteiger partial charge is 0.274 e. The highest BCUT2D eigenvalue weighted by atomic mass is 35.5. The number of nitrogens with zero attached hydrogens (tertiary/aromatic N) is 1. The van der Waals surface area contributed by atoms with Crippen molar-refractivity contribution in [2.24, 2.45) is 0 Å². The van der Waals surface area contributed by atoms with Gasteiger partial charge in [0, 0.05) is 16.4 Å². The lowest BCUT2D eigenvalue weighted by molar-refractivity contribution is 0.101. The molecule has 0 aliphatic carbocycles. The summed E-state index contributed by atoms with van der Waals surface area (Å²) in [5.74, 6) is -0.771. The molecule has 0 atom stereocenters. The lowest BCUT2D eigenvalue weighted by Crippen LogP contribution is -2.19. The van der Waals surface area contributed by atoms with E-state index in [1.54, 1.807) is 42.5 Å². The van der Waals surface area contributed by atoms with Gasteiger partial charge in [-0.1, -0.05) is 35.9 Å². The summed E-state index contributed by atoms with van der Waals surface area (Å²) in [4.78, 5) is 29.2. The van der Waals surface area contributed by atoms with Gasteiger partial charge in [0.05, 0.1) is 0 Å². The van der Waals surface area contributed by atoms with Gasteiger partial charge in [-0.2, -0.15) is 0 Å². The van der Waals surface area contributed by atoms with E-state index in [4.69, 9.17) is 11.6 Å². The number of pyridine rings is 1. The van der Waals surface area contributed by atoms with Gasteiger partial charge >= 0.3 is 0 Å². The number of halogens is 1. The maximum absolute atomic E-state index is 12.6. The van der Waals surface area contributed by atoms with E-state index in [2.05, 4.69) is 15.6 Å². The second-order valence-electron chi connectivity index (χ2n) is 6.09. The lowest BCUT2D eigenvalue weighted by atomic mass is 10.1. The Morgan fingerprint density at radius 3 is 1.89 bits per heavy atom. The molecular weight excluding hydrogens is 362 g/mol. The van der Waals surface area contributed by atoms with Gasteiger partial charge in [0.2, 0.25) is 0 Å². The van der Waals surface area contributed by atoms with E-state index < -0.39 is 5.91 Å². The van der Waals surface area contributed by atoms with Crippen molar-refractivity contribution in [1.29, 1.82) is 0 Å². The standard InChI is InChI=1S/C21H18ClN3O2/c1-13-5-3-6-14(2)19(13)25-21(27)18-8-4-7-17(24-18)20(26)23-16-11-9-15(22)10-12-16/h3-12H,1-2H3,(H,23,26)(H,25,27). The van der Waals surface area contributed by atoms with E-state index in [9.17, 15) is 9.59 Å². The Morgan fingerprint density at radius 2 is 1.30 bits per heavy atom. The zero-order chi connectivity index (χ0) is 19.4. The average molecular weight is 380 g/mol. The maximum Gasteiger partial charge on any atom is 0.274 e. The van der Waals surface area contributed by atoms with Gasteiger partial charge in [-0.25, -0.2) is 4.98 Å². The van der Waals surface area contributed by atoms with E-state index in [0.717, 1.165) is 16.8 Å². The molecule has 0 unspecified atom stereocenters. The van der Waals surface area contributed by atoms with E-state index >= 15 is 0 Å². The van der Waals surface area contributed by atoms with Gasteiger partial charge in [-0.3, -0.25) is 9.59 Å². The van der Waals surface area contributed by atoms with Crippen LogP contribution in [0.2, 0.25) is 5.02 Å². The van der Waals surface area contributed by atoms with Gasteiger partial charge in [-0.05, 0) is 61.4 Å². The van der Waals surface area contributed by atoms with Crippen molar-refractivity contribution in [3.63, 3.8) is 0 Å². The van der Waals surface area contributed by atoms with Crippen LogP contribution in [0.1, 0.15) is 32.1 Å². The number of hydrogen-bond donors (Lipinski definition) is 2. The largest absolute Gasteiger partial charge is 0.321 e. The fraction of sp³-hybridized carbons (Fsp3) is 0.0952. The number of benzene rings is 2. The molecule has 0 fully saturated rings. The summed E-state index contributed by atoms with van der Waals surface area (Å²) in [5, 5.41) is 6.18. The Morgan fingerprint density at radius 1 is 0.778 bits per heavy atom. The van der Waals surface area contributed by atoms with Crippen molar-refractivity contribution in [1.82, 2.24) is 4.98 Å². The molecule has 0 saturated heterocycles. The van der Waals surface area contributed by atoms with Crippen LogP contribution in [0.5, 0.6) is 0 Å². The highest BCUT2D eigenvalue weighted by Crippen LogP contribution is 2.20. The number of anilines is 2. The highest BCUT2D eigenvalue weighted by molar-refractivity contribution is 6.30. The molecule has 0 aliphatic rings. The number of amides is 2. The van der Waals surface area contributed by atoms with Crippen molar-refractivity contribution in [2.45, 2.75) is 13.8 Å². The number of carbonyl (C=O) groups is 2. The molecule has 0 saturated carbocycles. The molecule has 3 aromatic rings. The fourth-order valence-electron chi connectivity index (χ4n) is 2.61. The van der Waals surface area contributed by atoms with E-state index in [1.165, 1.54) is 0 Å². The van der Waals surface area contributed by atoms with Crippen LogP contribution >= 0.6 is 11.6 Å². The van der Waals surface area contributed by atoms with Crippen LogP contribution in [-0.4, -0.2) is 16.8 Å². The van der Waals surface area contributed by atoms with Crippen LogP contribution in [0.3, 0.4) is 0 Å². The number of rotatable bonds is 4. The molecule has 136 valence electrons. The molecule has 0 radical (unpaired) electrons. The van der Waals surface area contributed by atoms with Gasteiger partial charge in [0.1, 0.15) is 11.4 Å². The SMILES string of the molecule is Cc1cccc(C)c1NC(=O)c1cccc(C(=O)Nc2ccc(Cl)cc2)n1. The molecule has 5 nitrogen and oxygen atoms in total. The number of nitrogens with one attached hydrogen (secondary N) is 2. The third kappa shape index (κ3) is 4.51. The first-order valence-corrected chi connectivity index (χ1v) is 8.73. The quantitative estimate of drug-likeness (QED) is 0.680. The van der Waals surface area contributed by atoms with Crippen molar-refractivity contribution in [2.75, 3.05) is 10.6 Å². The summed E-state index contributed by atoms with van der Waals surface area (Å²) < 4.78 is 0. The molecule has 0 bridgehead atoms. The van der Waals surface area contributed by atoms with Crippen LogP contribution in [0.25, 0.3) is 0 Å². The van der Waals surface area contributed by atoms with Gasteiger partial charge in [0.15, 0.2) is 0 Å². The Bertz CT molecular complexity index is 980. The zero-order valence-electron chi connectivity index (χ0n) is 14.9. The van der Waals surface area contributed by atoms with E-state index in [0.29, 0.717) is 10.7 Å². The molecule has 1 aromatic heterocycles. The summed E-state index contributed by atoms with van der Waals surface area (Å²) in [6.45, 7) is 3.85. The number of hydrogen-bond acceptors (Lipinski definition) is 3. The molecular formula is C21H18ClN3O2. The maximum atomic E-state index is 12.6. The third-order valence-corrected chi connectivity index (χ3v) is 4.29. The Labute approximate surface area is 162 Å². The molecule has 2 amide bonds. The first kappa shape index (κ1) is 18.6. The number of para-hydroxylation sites is 1. The monoisotopic (exact) mass is 379 g/mol. The first-order chi connectivity index (χ1) is 12.9. The molecule has 27 heavy (non-hydrogen) atoms. The summed E-state index contributed by atoms with van der Waals surface area (Å²) in [5.41, 5.74) is 3.58. The van der Waals surface area contributed by atoms with Crippen molar-refractivity contribution in [3.8, 4) is 0 Å². The first-order valence-electron chi connectivity index (χ1n) is 8.35. The highest BCUT2D eigenvalue weighted by Gasteiger charge is 2.14. The summed E-state index contributed by atoms with van der Waals surface area (Å²) in [7, 11) is 0. The molecule has 0 spiro atoms. The average Bonchev–Trinajstić information content (AvgIpc) is 2.66. The zero-order valence-corrected chi connectivity index (χ0v) is 15.7. The molecule has 2 N–H and O–H groups in total. The van der Waals surface area contributed by atoms with E-state index in [-0.39, 0.29) is 17.3 Å². The second-order valence-corrected chi connectivity index (χ2v) is 6.53. The predicted octanol–water partition coefficient (Wildman–Crippen LogP) is 4.86. The van der Waals surface area contributed by atoms with E-state index in [1.807, 2.05) is 32.0 Å². The van der Waals surface area contributed by atoms with Crippen LogP contribution in [0.15, 0.2) is 60.7 Å². The molecule has 0 aliphatic heterocycles. The summed E-state index contributed by atoms with van der Waals surface area (Å²) >= 11 is 5.84. The fourth-order valence-corrected chi connectivity index (χ4v) is 2.73. The van der Waals surface area contributed by atoms with Gasteiger partial charge < -0.3 is 10.6 Å². The Kier molecular flexibility index (Phi) is 5.52. The van der Waals surface area contributed by atoms with Crippen molar-refractivity contribution >= 4 is 34.8 Å². The topological polar surface area (TPSA) is 71.1 Å². The van der Waals surface area contributed by atoms with Crippen LogP contribution in [-0.2, 0) is 0 Å². The Balaban J connectivity index is 1.77. The minimum Gasteiger partial charge on any atom is -0.321 e. The second kappa shape index (κ2) is 8.01. The minimum absolute atomic E-state index is 0.152. The molecule has 1 heterocycles. The van der Waals surface area contributed by atoms with Crippen molar-refractivity contribution in [3.05, 3.63) is 88.2 Å². The third-order valence-electron chi connectivity index (χ3n) is 4.04.